The Morgan fingerprint density at radius 1 is 0.968 bits per heavy atom. The van der Waals surface area contributed by atoms with Crippen LogP contribution in [-0.4, -0.2) is 42.0 Å². The molecule has 0 bridgehead atoms. The predicted octanol–water partition coefficient (Wildman–Crippen LogP) is 5.42. The van der Waals surface area contributed by atoms with Crippen molar-refractivity contribution in [2.45, 2.75) is 6.92 Å². The minimum atomic E-state index is 0.0267. The summed E-state index contributed by atoms with van der Waals surface area (Å²) in [7, 11) is 0. The predicted molar refractivity (Wildman–Crippen MR) is 124 cm³/mol. The van der Waals surface area contributed by atoms with E-state index in [2.05, 4.69) is 4.90 Å². The Morgan fingerprint density at radius 3 is 2.42 bits per heavy atom. The van der Waals surface area contributed by atoms with E-state index in [-0.39, 0.29) is 5.91 Å². The first-order chi connectivity index (χ1) is 15.1. The molecule has 31 heavy (non-hydrogen) atoms. The highest BCUT2D eigenvalue weighted by molar-refractivity contribution is 6.30. The number of furan rings is 1. The molecule has 1 amide bonds. The van der Waals surface area contributed by atoms with Crippen LogP contribution in [0.5, 0.6) is 0 Å². The van der Waals surface area contributed by atoms with E-state index in [0.717, 1.165) is 40.5 Å². The number of aromatic nitrogens is 1. The highest BCUT2D eigenvalue weighted by atomic mass is 35.5. The molecule has 0 spiro atoms. The van der Waals surface area contributed by atoms with Crippen LogP contribution >= 0.6 is 11.6 Å². The van der Waals surface area contributed by atoms with Crippen LogP contribution < -0.4 is 4.90 Å². The van der Waals surface area contributed by atoms with Gasteiger partial charge in [0.1, 0.15) is 11.5 Å². The van der Waals surface area contributed by atoms with Gasteiger partial charge in [0.05, 0.1) is 11.1 Å². The second-order valence-corrected chi connectivity index (χ2v) is 8.17. The summed E-state index contributed by atoms with van der Waals surface area (Å²) in [5, 5.41) is 1.59. The summed E-state index contributed by atoms with van der Waals surface area (Å²) in [4.78, 5) is 22.4. The molecule has 156 valence electrons. The van der Waals surface area contributed by atoms with Crippen molar-refractivity contribution in [1.82, 2.24) is 9.88 Å². The lowest BCUT2D eigenvalue weighted by Gasteiger charge is -2.36. The Balaban J connectivity index is 1.42. The van der Waals surface area contributed by atoms with Crippen molar-refractivity contribution < 1.29 is 9.21 Å². The highest BCUT2D eigenvalue weighted by Gasteiger charge is 2.25. The summed E-state index contributed by atoms with van der Waals surface area (Å²) < 4.78 is 5.77. The van der Waals surface area contributed by atoms with Crippen molar-refractivity contribution in [3.05, 3.63) is 83.1 Å². The van der Waals surface area contributed by atoms with Gasteiger partial charge in [0.15, 0.2) is 5.76 Å². The van der Waals surface area contributed by atoms with Crippen molar-refractivity contribution in [1.29, 1.82) is 0 Å². The fraction of sp³-hybridized carbons (Fsp3) is 0.200. The topological polar surface area (TPSA) is 49.6 Å². The molecule has 0 saturated carbocycles. The number of aryl methyl sites for hydroxylation is 1. The van der Waals surface area contributed by atoms with Gasteiger partial charge in [-0.3, -0.25) is 4.79 Å². The van der Waals surface area contributed by atoms with Gasteiger partial charge in [-0.2, -0.15) is 0 Å². The second kappa shape index (κ2) is 8.08. The van der Waals surface area contributed by atoms with E-state index in [1.807, 2.05) is 78.6 Å². The smallest absolute Gasteiger partial charge is 0.254 e. The SMILES string of the molecule is Cc1ccc(-c2cc(C(=O)N3CCN(c4ccc(Cl)cc4)CC3)c3ccccc3n2)o1. The maximum Gasteiger partial charge on any atom is 0.254 e. The van der Waals surface area contributed by atoms with Gasteiger partial charge < -0.3 is 14.2 Å². The number of amides is 1. The van der Waals surface area contributed by atoms with E-state index in [0.29, 0.717) is 30.1 Å². The molecule has 1 aliphatic rings. The Kier molecular flexibility index (Phi) is 5.12. The number of para-hydroxylation sites is 1. The average molecular weight is 432 g/mol. The zero-order valence-electron chi connectivity index (χ0n) is 17.2. The monoisotopic (exact) mass is 431 g/mol. The summed E-state index contributed by atoms with van der Waals surface area (Å²) in [6, 6.07) is 21.3. The number of halogens is 1. The van der Waals surface area contributed by atoms with E-state index in [9.17, 15) is 4.79 Å². The maximum atomic E-state index is 13.5. The van der Waals surface area contributed by atoms with Crippen molar-refractivity contribution in [2.75, 3.05) is 31.1 Å². The summed E-state index contributed by atoms with van der Waals surface area (Å²) in [6.45, 7) is 4.78. The van der Waals surface area contributed by atoms with Crippen molar-refractivity contribution in [3.63, 3.8) is 0 Å². The van der Waals surface area contributed by atoms with Crippen LogP contribution in [0.2, 0.25) is 5.02 Å². The van der Waals surface area contributed by atoms with E-state index < -0.39 is 0 Å². The van der Waals surface area contributed by atoms with E-state index in [1.54, 1.807) is 0 Å². The van der Waals surface area contributed by atoms with Gasteiger partial charge in [0.2, 0.25) is 0 Å². The molecule has 3 heterocycles. The number of hydrogen-bond acceptors (Lipinski definition) is 4. The lowest BCUT2D eigenvalue weighted by atomic mass is 10.0. The summed E-state index contributed by atoms with van der Waals surface area (Å²) in [6.07, 6.45) is 0. The van der Waals surface area contributed by atoms with Crippen molar-refractivity contribution >= 4 is 34.1 Å². The first-order valence-electron chi connectivity index (χ1n) is 10.3. The highest BCUT2D eigenvalue weighted by Crippen LogP contribution is 2.28. The number of rotatable bonds is 3. The number of carbonyl (C=O) groups is 1. The molecule has 6 heteroatoms. The van der Waals surface area contributed by atoms with Crippen molar-refractivity contribution in [2.24, 2.45) is 0 Å². The molecule has 1 aliphatic heterocycles. The first-order valence-corrected chi connectivity index (χ1v) is 10.7. The molecular weight excluding hydrogens is 410 g/mol. The van der Waals surface area contributed by atoms with Gasteiger partial charge in [-0.25, -0.2) is 4.98 Å². The molecule has 2 aromatic carbocycles. The standard InChI is InChI=1S/C25H22ClN3O2/c1-17-6-11-24(31-17)23-16-21(20-4-2-3-5-22(20)27-23)25(30)29-14-12-28(13-15-29)19-9-7-18(26)8-10-19/h2-11,16H,12-15H2,1H3. The van der Waals surface area contributed by atoms with Crippen LogP contribution in [0.1, 0.15) is 16.1 Å². The lowest BCUT2D eigenvalue weighted by molar-refractivity contribution is 0.0748. The fourth-order valence-electron chi connectivity index (χ4n) is 4.04. The number of anilines is 1. The third-order valence-corrected chi connectivity index (χ3v) is 5.95. The molecule has 4 aromatic rings. The maximum absolute atomic E-state index is 13.5. The van der Waals surface area contributed by atoms with Crippen LogP contribution in [0.25, 0.3) is 22.4 Å². The first kappa shape index (κ1) is 19.6. The Morgan fingerprint density at radius 2 is 1.71 bits per heavy atom. The molecule has 0 radical (unpaired) electrons. The fourth-order valence-corrected chi connectivity index (χ4v) is 4.17. The number of fused-ring (bicyclic) bond motifs is 1. The molecule has 0 N–H and O–H groups in total. The number of piperazine rings is 1. The molecular formula is C25H22ClN3O2. The molecule has 2 aromatic heterocycles. The molecule has 0 aliphatic carbocycles. The normalized spacial score (nSPS) is 14.3. The molecule has 5 nitrogen and oxygen atoms in total. The third kappa shape index (κ3) is 3.89. The molecule has 0 atom stereocenters. The van der Waals surface area contributed by atoms with Gasteiger partial charge >= 0.3 is 0 Å². The quantitative estimate of drug-likeness (QED) is 0.434. The van der Waals surface area contributed by atoms with Gasteiger partial charge in [0, 0.05) is 42.3 Å². The van der Waals surface area contributed by atoms with E-state index in [1.165, 1.54) is 0 Å². The number of benzene rings is 2. The van der Waals surface area contributed by atoms with E-state index in [4.69, 9.17) is 21.0 Å². The lowest BCUT2D eigenvalue weighted by Crippen LogP contribution is -2.48. The summed E-state index contributed by atoms with van der Waals surface area (Å²) in [5.41, 5.74) is 3.25. The number of nitrogens with zero attached hydrogens (tertiary/aromatic N) is 3. The van der Waals surface area contributed by atoms with Gasteiger partial charge in [0.25, 0.3) is 5.91 Å². The summed E-state index contributed by atoms with van der Waals surface area (Å²) >= 11 is 6.01. The summed E-state index contributed by atoms with van der Waals surface area (Å²) in [5.74, 6) is 1.51. The average Bonchev–Trinajstić information content (AvgIpc) is 3.25. The molecule has 0 unspecified atom stereocenters. The Hall–Kier alpha value is -3.31. The van der Waals surface area contributed by atoms with Gasteiger partial charge in [-0.05, 0) is 55.5 Å². The second-order valence-electron chi connectivity index (χ2n) is 7.74. The van der Waals surface area contributed by atoms with Crippen LogP contribution in [0.15, 0.2) is 71.1 Å². The van der Waals surface area contributed by atoms with Crippen LogP contribution in [0.3, 0.4) is 0 Å². The van der Waals surface area contributed by atoms with Crippen LogP contribution in [-0.2, 0) is 0 Å². The number of pyridine rings is 1. The van der Waals surface area contributed by atoms with Crippen molar-refractivity contribution in [3.8, 4) is 11.5 Å². The van der Waals surface area contributed by atoms with Gasteiger partial charge in [-0.15, -0.1) is 0 Å². The zero-order valence-corrected chi connectivity index (χ0v) is 18.0. The third-order valence-electron chi connectivity index (χ3n) is 5.70. The number of hydrogen-bond donors (Lipinski definition) is 0. The van der Waals surface area contributed by atoms with Crippen LogP contribution in [0.4, 0.5) is 5.69 Å². The van der Waals surface area contributed by atoms with Crippen LogP contribution in [0, 0.1) is 6.92 Å². The van der Waals surface area contributed by atoms with E-state index >= 15 is 0 Å². The van der Waals surface area contributed by atoms with Gasteiger partial charge in [-0.1, -0.05) is 29.8 Å². The Labute approximate surface area is 185 Å². The molecule has 1 saturated heterocycles. The molecule has 1 fully saturated rings. The minimum Gasteiger partial charge on any atom is -0.460 e. The zero-order chi connectivity index (χ0) is 21.4. The Bertz CT molecular complexity index is 1240. The largest absolute Gasteiger partial charge is 0.460 e. The number of carbonyl (C=O) groups excluding carboxylic acids is 1. The minimum absolute atomic E-state index is 0.0267. The molecule has 5 rings (SSSR count).